The molecule has 0 saturated carbocycles. The lowest BCUT2D eigenvalue weighted by molar-refractivity contribution is -0.179. The number of amides is 2. The van der Waals surface area contributed by atoms with E-state index in [1.54, 1.807) is 12.1 Å². The highest BCUT2D eigenvalue weighted by molar-refractivity contribution is 5.70. The maximum atomic E-state index is 13.1. The van der Waals surface area contributed by atoms with E-state index in [2.05, 4.69) is 10.6 Å². The molecule has 0 unspecified atom stereocenters. The number of rotatable bonds is 11. The topological polar surface area (TPSA) is 115 Å². The first kappa shape index (κ1) is 30.4. The number of alkyl carbamates (subject to hydrolysis) is 1. The van der Waals surface area contributed by atoms with Crippen LogP contribution in [0.3, 0.4) is 0 Å². The van der Waals surface area contributed by atoms with Gasteiger partial charge in [-0.15, -0.1) is 0 Å². The number of piperidine rings is 1. The summed E-state index contributed by atoms with van der Waals surface area (Å²) >= 11 is 0. The minimum absolute atomic E-state index is 0.000315. The molecule has 1 saturated heterocycles. The highest BCUT2D eigenvalue weighted by atomic mass is 19.4. The van der Waals surface area contributed by atoms with Crippen molar-refractivity contribution < 1.29 is 37.0 Å². The van der Waals surface area contributed by atoms with Crippen molar-refractivity contribution in [1.82, 2.24) is 5.32 Å². The first-order valence-corrected chi connectivity index (χ1v) is 13.5. The first-order valence-electron chi connectivity index (χ1n) is 13.5. The van der Waals surface area contributed by atoms with Crippen LogP contribution in [0.2, 0.25) is 0 Å². The van der Waals surface area contributed by atoms with Crippen molar-refractivity contribution >= 4 is 29.2 Å². The van der Waals surface area contributed by atoms with Gasteiger partial charge >= 0.3 is 18.4 Å². The predicted molar refractivity (Wildman–Crippen MR) is 152 cm³/mol. The number of ether oxygens (including phenoxy) is 3. The first-order chi connectivity index (χ1) is 20.2. The van der Waals surface area contributed by atoms with E-state index in [-0.39, 0.29) is 45.8 Å². The second-order valence-corrected chi connectivity index (χ2v) is 9.74. The van der Waals surface area contributed by atoms with Crippen molar-refractivity contribution in [3.05, 3.63) is 83.9 Å². The van der Waals surface area contributed by atoms with Gasteiger partial charge in [0.25, 0.3) is 0 Å². The molecular formula is C30H33F3N4O5. The van der Waals surface area contributed by atoms with Gasteiger partial charge in [0, 0.05) is 37.1 Å². The number of benzene rings is 3. The van der Waals surface area contributed by atoms with Crippen molar-refractivity contribution in [3.8, 4) is 5.75 Å². The molecule has 4 rings (SSSR count). The Hall–Kier alpha value is -4.61. The Balaban J connectivity index is 1.35. The summed E-state index contributed by atoms with van der Waals surface area (Å²) in [7, 11) is 0. The lowest BCUT2D eigenvalue weighted by atomic mass is 9.96. The number of anilines is 3. The van der Waals surface area contributed by atoms with Gasteiger partial charge in [0.15, 0.2) is 0 Å². The lowest BCUT2D eigenvalue weighted by Crippen LogP contribution is -2.39. The Morgan fingerprint density at radius 1 is 0.881 bits per heavy atom. The quantitative estimate of drug-likeness (QED) is 0.232. The minimum atomic E-state index is -4.21. The second-order valence-electron chi connectivity index (χ2n) is 9.74. The zero-order valence-electron chi connectivity index (χ0n) is 22.9. The van der Waals surface area contributed by atoms with Crippen LogP contribution in [0, 0.1) is 5.92 Å². The number of nitrogens with zero attached hydrogens (tertiary/aromatic N) is 1. The Bertz CT molecular complexity index is 1310. The van der Waals surface area contributed by atoms with E-state index in [4.69, 9.17) is 19.9 Å². The molecule has 4 N–H and O–H groups in total. The highest BCUT2D eigenvalue weighted by Crippen LogP contribution is 2.39. The summed E-state index contributed by atoms with van der Waals surface area (Å²) in [6.45, 7) is 0.898. The molecule has 1 aliphatic heterocycles. The average Bonchev–Trinajstić information content (AvgIpc) is 2.98. The number of carbonyl (C=O) groups excluding carboxylic acids is 2. The molecule has 2 amide bonds. The number of alkyl halides is 3. The minimum Gasteiger partial charge on any atom is -0.488 e. The molecule has 1 aliphatic rings. The molecule has 0 aromatic heterocycles. The van der Waals surface area contributed by atoms with E-state index >= 15 is 0 Å². The fraction of sp³-hybridized carbons (Fsp3) is 0.333. The fourth-order valence-corrected chi connectivity index (χ4v) is 4.53. The normalized spacial score (nSPS) is 13.7. The highest BCUT2D eigenvalue weighted by Gasteiger charge is 2.41. The van der Waals surface area contributed by atoms with Crippen LogP contribution in [-0.2, 0) is 22.6 Å². The Kier molecular flexibility index (Phi) is 10.4. The monoisotopic (exact) mass is 586 g/mol. The molecule has 0 bridgehead atoms. The van der Waals surface area contributed by atoms with E-state index in [0.29, 0.717) is 23.7 Å². The van der Waals surface area contributed by atoms with Gasteiger partial charge in [-0.2, -0.15) is 13.2 Å². The summed E-state index contributed by atoms with van der Waals surface area (Å²) in [6, 6.07) is 22.2. The third-order valence-electron chi connectivity index (χ3n) is 6.74. The molecule has 0 atom stereocenters. The third kappa shape index (κ3) is 9.22. The van der Waals surface area contributed by atoms with Crippen LogP contribution in [0.5, 0.6) is 5.75 Å². The van der Waals surface area contributed by atoms with E-state index in [1.165, 1.54) is 0 Å². The number of nitrogens with one attached hydrogen (secondary N) is 2. The summed E-state index contributed by atoms with van der Waals surface area (Å²) in [5, 5.41) is 6.00. The van der Waals surface area contributed by atoms with Gasteiger partial charge in [0.1, 0.15) is 25.6 Å². The molecule has 42 heavy (non-hydrogen) atoms. The molecule has 0 aliphatic carbocycles. The molecule has 9 nitrogen and oxygen atoms in total. The van der Waals surface area contributed by atoms with Crippen LogP contribution >= 0.6 is 0 Å². The van der Waals surface area contributed by atoms with Gasteiger partial charge in [-0.3, -0.25) is 0 Å². The van der Waals surface area contributed by atoms with Crippen LogP contribution < -0.4 is 26.0 Å². The molecule has 224 valence electrons. The Morgan fingerprint density at radius 2 is 1.57 bits per heavy atom. The standard InChI is InChI=1S/C30H33F3N4O5/c31-30(32,33)23-12-14-37(15-13-23)26-11-10-25(18-27(26)40-16-17-41-28(34)38)36-24-8-6-21(7-9-24)19-35-29(39)42-20-22-4-2-1-3-5-22/h1-11,18,23,36H,12-17,19-20H2,(H2,34,38)(H,35,39). The fourth-order valence-electron chi connectivity index (χ4n) is 4.53. The van der Waals surface area contributed by atoms with Gasteiger partial charge in [-0.05, 0) is 48.2 Å². The van der Waals surface area contributed by atoms with Crippen LogP contribution in [0.4, 0.5) is 39.8 Å². The van der Waals surface area contributed by atoms with E-state index in [9.17, 15) is 22.8 Å². The summed E-state index contributed by atoms with van der Waals surface area (Å²) < 4.78 is 55.2. The van der Waals surface area contributed by atoms with Gasteiger partial charge in [0.05, 0.1) is 11.6 Å². The number of hydrogen-bond acceptors (Lipinski definition) is 7. The van der Waals surface area contributed by atoms with E-state index in [1.807, 2.05) is 65.6 Å². The average molecular weight is 587 g/mol. The SMILES string of the molecule is NC(=O)OCCOc1cc(Nc2ccc(CNC(=O)OCc3ccccc3)cc2)ccc1N1CCC(C(F)(F)F)CC1. The largest absolute Gasteiger partial charge is 0.488 e. The molecule has 3 aromatic carbocycles. The van der Waals surface area contributed by atoms with Crippen molar-refractivity contribution in [3.63, 3.8) is 0 Å². The van der Waals surface area contributed by atoms with Gasteiger partial charge < -0.3 is 35.5 Å². The molecule has 1 heterocycles. The zero-order valence-corrected chi connectivity index (χ0v) is 22.9. The van der Waals surface area contributed by atoms with Crippen molar-refractivity contribution in [1.29, 1.82) is 0 Å². The van der Waals surface area contributed by atoms with Crippen LogP contribution in [-0.4, -0.2) is 44.7 Å². The van der Waals surface area contributed by atoms with Crippen LogP contribution in [0.1, 0.15) is 24.0 Å². The smallest absolute Gasteiger partial charge is 0.407 e. The van der Waals surface area contributed by atoms with Gasteiger partial charge in [-0.1, -0.05) is 42.5 Å². The van der Waals surface area contributed by atoms with Crippen molar-refractivity contribution in [2.24, 2.45) is 11.7 Å². The maximum Gasteiger partial charge on any atom is 0.407 e. The molecule has 1 fully saturated rings. The summed E-state index contributed by atoms with van der Waals surface area (Å²) in [6.07, 6.45) is -5.65. The molecule has 0 radical (unpaired) electrons. The van der Waals surface area contributed by atoms with Gasteiger partial charge in [-0.25, -0.2) is 9.59 Å². The van der Waals surface area contributed by atoms with Crippen molar-refractivity contribution in [2.45, 2.75) is 32.2 Å². The summed E-state index contributed by atoms with van der Waals surface area (Å²) in [5.41, 5.74) is 8.88. The number of halogens is 3. The maximum absolute atomic E-state index is 13.1. The predicted octanol–water partition coefficient (Wildman–Crippen LogP) is 6.11. The second kappa shape index (κ2) is 14.3. The number of carbonyl (C=O) groups is 2. The zero-order chi connectivity index (χ0) is 30.0. The number of hydrogen-bond donors (Lipinski definition) is 3. The van der Waals surface area contributed by atoms with E-state index in [0.717, 1.165) is 16.8 Å². The number of nitrogens with two attached hydrogens (primary N) is 1. The molecule has 12 heteroatoms. The van der Waals surface area contributed by atoms with Gasteiger partial charge in [0.2, 0.25) is 0 Å². The van der Waals surface area contributed by atoms with Crippen molar-refractivity contribution in [2.75, 3.05) is 36.5 Å². The Morgan fingerprint density at radius 3 is 2.24 bits per heavy atom. The summed E-state index contributed by atoms with van der Waals surface area (Å²) in [4.78, 5) is 24.8. The Labute approximate surface area is 241 Å². The molecule has 3 aromatic rings. The molecule has 0 spiro atoms. The summed E-state index contributed by atoms with van der Waals surface area (Å²) in [5.74, 6) is -0.880. The molecular weight excluding hydrogens is 553 g/mol. The lowest BCUT2D eigenvalue weighted by Gasteiger charge is -2.35. The third-order valence-corrected chi connectivity index (χ3v) is 6.74. The van der Waals surface area contributed by atoms with E-state index < -0.39 is 24.3 Å². The number of primary amides is 1. The van der Waals surface area contributed by atoms with Crippen LogP contribution in [0.15, 0.2) is 72.8 Å². The van der Waals surface area contributed by atoms with Crippen LogP contribution in [0.25, 0.3) is 0 Å².